The van der Waals surface area contributed by atoms with Gasteiger partial charge in [-0.05, 0) is 44.8 Å². The zero-order valence-electron chi connectivity index (χ0n) is 15.3. The molecule has 1 aromatic heterocycles. The predicted octanol–water partition coefficient (Wildman–Crippen LogP) is 1.58. The molecule has 0 bridgehead atoms. The van der Waals surface area contributed by atoms with Gasteiger partial charge in [0.25, 0.3) is 11.5 Å². The van der Waals surface area contributed by atoms with Crippen LogP contribution in [0.3, 0.4) is 0 Å². The van der Waals surface area contributed by atoms with E-state index < -0.39 is 0 Å². The van der Waals surface area contributed by atoms with Gasteiger partial charge in [-0.1, -0.05) is 6.92 Å². The van der Waals surface area contributed by atoms with Crippen LogP contribution < -0.4 is 5.56 Å². The van der Waals surface area contributed by atoms with Crippen molar-refractivity contribution in [3.63, 3.8) is 0 Å². The maximum Gasteiger partial charge on any atom is 0.255 e. The molecule has 0 saturated carbocycles. The molecule has 2 atom stereocenters. The third-order valence-corrected chi connectivity index (χ3v) is 5.59. The minimum atomic E-state index is -0.0977. The second kappa shape index (κ2) is 8.15. The van der Waals surface area contributed by atoms with Crippen LogP contribution in [0.15, 0.2) is 23.1 Å². The molecule has 6 heteroatoms. The van der Waals surface area contributed by atoms with Gasteiger partial charge in [0.15, 0.2) is 0 Å². The fourth-order valence-electron chi connectivity index (χ4n) is 4.31. The average molecular weight is 347 g/mol. The van der Waals surface area contributed by atoms with E-state index in [1.165, 1.54) is 18.9 Å². The Bertz CT molecular complexity index is 658. The molecule has 2 aliphatic rings. The van der Waals surface area contributed by atoms with E-state index in [0.717, 1.165) is 32.5 Å². The topological polar surface area (TPSA) is 54.8 Å². The van der Waals surface area contributed by atoms with Crippen molar-refractivity contribution in [1.82, 2.24) is 14.4 Å². The highest BCUT2D eigenvalue weighted by atomic mass is 16.5. The highest BCUT2D eigenvalue weighted by molar-refractivity contribution is 5.94. The standard InChI is InChI=1S/C19H29N3O3/c1-3-20-10-4-6-16(20)17-7-5-11-22(17)19(24)15-8-9-18(23)21(14-15)12-13-25-2/h8-9,14,16-17H,3-7,10-13H2,1-2H3/t16-,17+/m0/s1. The molecule has 2 fully saturated rings. The number of hydrogen-bond donors (Lipinski definition) is 0. The van der Waals surface area contributed by atoms with E-state index in [-0.39, 0.29) is 11.5 Å². The molecule has 6 nitrogen and oxygen atoms in total. The van der Waals surface area contributed by atoms with Crippen molar-refractivity contribution in [2.24, 2.45) is 0 Å². The molecule has 0 aliphatic carbocycles. The Morgan fingerprint density at radius 2 is 1.96 bits per heavy atom. The lowest BCUT2D eigenvalue weighted by molar-refractivity contribution is 0.0648. The minimum Gasteiger partial charge on any atom is -0.383 e. The van der Waals surface area contributed by atoms with Crippen molar-refractivity contribution in [1.29, 1.82) is 0 Å². The van der Waals surface area contributed by atoms with Crippen LogP contribution in [-0.2, 0) is 11.3 Å². The number of nitrogens with zero attached hydrogens (tertiary/aromatic N) is 3. The first kappa shape index (κ1) is 18.1. The van der Waals surface area contributed by atoms with Crippen LogP contribution in [0.25, 0.3) is 0 Å². The molecule has 25 heavy (non-hydrogen) atoms. The molecule has 0 radical (unpaired) electrons. The highest BCUT2D eigenvalue weighted by Crippen LogP contribution is 2.30. The van der Waals surface area contributed by atoms with Crippen molar-refractivity contribution in [2.75, 3.05) is 33.4 Å². The summed E-state index contributed by atoms with van der Waals surface area (Å²) in [7, 11) is 1.61. The molecule has 0 aromatic carbocycles. The van der Waals surface area contributed by atoms with Gasteiger partial charge in [-0.15, -0.1) is 0 Å². The van der Waals surface area contributed by atoms with E-state index in [2.05, 4.69) is 11.8 Å². The summed E-state index contributed by atoms with van der Waals surface area (Å²) in [6.07, 6.45) is 6.23. The number of carbonyl (C=O) groups is 1. The quantitative estimate of drug-likeness (QED) is 0.784. The number of likely N-dealkylation sites (tertiary alicyclic amines) is 2. The number of carbonyl (C=O) groups excluding carboxylic acids is 1. The van der Waals surface area contributed by atoms with E-state index in [4.69, 9.17) is 4.74 Å². The number of rotatable bonds is 6. The number of methoxy groups -OCH3 is 1. The normalized spacial score (nSPS) is 24.2. The zero-order chi connectivity index (χ0) is 17.8. The van der Waals surface area contributed by atoms with Gasteiger partial charge in [0.05, 0.1) is 12.2 Å². The number of hydrogen-bond acceptors (Lipinski definition) is 4. The Morgan fingerprint density at radius 3 is 2.72 bits per heavy atom. The average Bonchev–Trinajstić information content (AvgIpc) is 3.28. The van der Waals surface area contributed by atoms with Crippen molar-refractivity contribution in [3.8, 4) is 0 Å². The molecule has 2 aliphatic heterocycles. The van der Waals surface area contributed by atoms with Gasteiger partial charge in [-0.3, -0.25) is 14.5 Å². The summed E-state index contributed by atoms with van der Waals surface area (Å²) in [5.74, 6) is 0.0524. The van der Waals surface area contributed by atoms with Gasteiger partial charge >= 0.3 is 0 Å². The Balaban J connectivity index is 1.78. The summed E-state index contributed by atoms with van der Waals surface area (Å²) in [6, 6.07) is 3.93. The fraction of sp³-hybridized carbons (Fsp3) is 0.684. The van der Waals surface area contributed by atoms with Crippen LogP contribution in [0.1, 0.15) is 43.0 Å². The molecule has 0 spiro atoms. The lowest BCUT2D eigenvalue weighted by Crippen LogP contribution is -2.48. The molecule has 138 valence electrons. The number of ether oxygens (including phenoxy) is 1. The van der Waals surface area contributed by atoms with Gasteiger partial charge in [-0.25, -0.2) is 0 Å². The van der Waals surface area contributed by atoms with Gasteiger partial charge < -0.3 is 14.2 Å². The second-order valence-corrected chi connectivity index (χ2v) is 6.99. The predicted molar refractivity (Wildman–Crippen MR) is 96.9 cm³/mol. The first-order chi connectivity index (χ1) is 12.2. The molecule has 3 heterocycles. The van der Waals surface area contributed by atoms with Gasteiger partial charge in [0.2, 0.25) is 0 Å². The Labute approximate surface area is 149 Å². The smallest absolute Gasteiger partial charge is 0.255 e. The molecule has 0 unspecified atom stereocenters. The monoisotopic (exact) mass is 347 g/mol. The number of pyridine rings is 1. The molecule has 1 amide bonds. The van der Waals surface area contributed by atoms with E-state index in [1.807, 2.05) is 4.90 Å². The summed E-state index contributed by atoms with van der Waals surface area (Å²) < 4.78 is 6.61. The maximum atomic E-state index is 13.1. The summed E-state index contributed by atoms with van der Waals surface area (Å²) in [6.45, 7) is 6.12. The van der Waals surface area contributed by atoms with E-state index >= 15 is 0 Å². The van der Waals surface area contributed by atoms with E-state index in [1.54, 1.807) is 23.9 Å². The first-order valence-corrected chi connectivity index (χ1v) is 9.40. The third-order valence-electron chi connectivity index (χ3n) is 5.59. The van der Waals surface area contributed by atoms with Crippen LogP contribution in [0.4, 0.5) is 0 Å². The summed E-state index contributed by atoms with van der Waals surface area (Å²) in [4.78, 5) is 29.6. The van der Waals surface area contributed by atoms with Crippen LogP contribution in [-0.4, -0.2) is 65.7 Å². The fourth-order valence-corrected chi connectivity index (χ4v) is 4.31. The Hall–Kier alpha value is -1.66. The number of amides is 1. The maximum absolute atomic E-state index is 13.1. The van der Waals surface area contributed by atoms with Gasteiger partial charge in [0, 0.05) is 44.5 Å². The second-order valence-electron chi connectivity index (χ2n) is 6.99. The Kier molecular flexibility index (Phi) is 5.91. The van der Waals surface area contributed by atoms with Crippen molar-refractivity contribution in [3.05, 3.63) is 34.2 Å². The molecule has 1 aromatic rings. The molecular formula is C19H29N3O3. The molecule has 3 rings (SSSR count). The first-order valence-electron chi connectivity index (χ1n) is 9.40. The third kappa shape index (κ3) is 3.80. The molecular weight excluding hydrogens is 318 g/mol. The molecule has 2 saturated heterocycles. The van der Waals surface area contributed by atoms with Crippen molar-refractivity contribution >= 4 is 5.91 Å². The largest absolute Gasteiger partial charge is 0.383 e. The SMILES string of the molecule is CCN1CCC[C@H]1[C@H]1CCCN1C(=O)c1ccc(=O)n(CCOC)c1. The van der Waals surface area contributed by atoms with Gasteiger partial charge in [-0.2, -0.15) is 0 Å². The summed E-state index contributed by atoms with van der Waals surface area (Å²) in [5, 5.41) is 0. The number of likely N-dealkylation sites (N-methyl/N-ethyl adjacent to an activating group) is 1. The van der Waals surface area contributed by atoms with Crippen LogP contribution in [0.5, 0.6) is 0 Å². The summed E-state index contributed by atoms with van der Waals surface area (Å²) in [5.41, 5.74) is 0.503. The molecule has 0 N–H and O–H groups in total. The van der Waals surface area contributed by atoms with Crippen LogP contribution in [0.2, 0.25) is 0 Å². The minimum absolute atomic E-state index is 0.0524. The van der Waals surface area contributed by atoms with Crippen LogP contribution >= 0.6 is 0 Å². The van der Waals surface area contributed by atoms with Crippen LogP contribution in [0, 0.1) is 0 Å². The number of aromatic nitrogens is 1. The zero-order valence-corrected chi connectivity index (χ0v) is 15.3. The van der Waals surface area contributed by atoms with Gasteiger partial charge in [0.1, 0.15) is 0 Å². The van der Waals surface area contributed by atoms with E-state index in [0.29, 0.717) is 30.8 Å². The Morgan fingerprint density at radius 1 is 1.20 bits per heavy atom. The summed E-state index contributed by atoms with van der Waals surface area (Å²) >= 11 is 0. The van der Waals surface area contributed by atoms with E-state index in [9.17, 15) is 9.59 Å². The van der Waals surface area contributed by atoms with Crippen molar-refractivity contribution in [2.45, 2.75) is 51.2 Å². The lowest BCUT2D eigenvalue weighted by Gasteiger charge is -2.34. The lowest BCUT2D eigenvalue weighted by atomic mass is 10.0. The van der Waals surface area contributed by atoms with Crippen molar-refractivity contribution < 1.29 is 9.53 Å². The highest BCUT2D eigenvalue weighted by Gasteiger charge is 2.39.